The number of hydrogen-bond donors (Lipinski definition) is 3. The van der Waals surface area contributed by atoms with Crippen LogP contribution in [0.3, 0.4) is 0 Å². The Labute approximate surface area is 169 Å². The van der Waals surface area contributed by atoms with Crippen LogP contribution in [0, 0.1) is 11.7 Å². The molecule has 29 heavy (non-hydrogen) atoms. The molecule has 1 unspecified atom stereocenters. The lowest BCUT2D eigenvalue weighted by Crippen LogP contribution is -2.49. The maximum atomic E-state index is 13.0. The number of nitrogens with one attached hydrogen (secondary N) is 3. The van der Waals surface area contributed by atoms with Crippen molar-refractivity contribution in [2.45, 2.75) is 26.4 Å². The minimum absolute atomic E-state index is 0.160. The summed E-state index contributed by atoms with van der Waals surface area (Å²) in [6, 6.07) is 10.9. The third-order valence-corrected chi connectivity index (χ3v) is 4.65. The minimum Gasteiger partial charge on any atom is -0.350 e. The number of hydrogen-bond acceptors (Lipinski definition) is 4. The molecule has 2 amide bonds. The Morgan fingerprint density at radius 3 is 2.31 bits per heavy atom. The zero-order valence-electron chi connectivity index (χ0n) is 16.4. The molecule has 3 N–H and O–H groups in total. The van der Waals surface area contributed by atoms with E-state index in [9.17, 15) is 22.4 Å². The lowest BCUT2D eigenvalue weighted by Gasteiger charge is -2.22. The van der Waals surface area contributed by atoms with Crippen LogP contribution >= 0.6 is 0 Å². The molecule has 2 rings (SSSR count). The van der Waals surface area contributed by atoms with Gasteiger partial charge in [0.2, 0.25) is 15.9 Å². The highest BCUT2D eigenvalue weighted by molar-refractivity contribution is 7.92. The second-order valence-electron chi connectivity index (χ2n) is 6.99. The topological polar surface area (TPSA) is 104 Å². The van der Waals surface area contributed by atoms with Crippen molar-refractivity contribution < 1.29 is 22.4 Å². The van der Waals surface area contributed by atoms with Gasteiger partial charge >= 0.3 is 0 Å². The molecule has 9 heteroatoms. The van der Waals surface area contributed by atoms with Crippen molar-refractivity contribution in [1.82, 2.24) is 10.6 Å². The fraction of sp³-hybridized carbons (Fsp3) is 0.300. The summed E-state index contributed by atoms with van der Waals surface area (Å²) in [6.45, 7) is 3.76. The fourth-order valence-corrected chi connectivity index (χ4v) is 3.17. The number of amides is 2. The van der Waals surface area contributed by atoms with Crippen LogP contribution in [0.5, 0.6) is 0 Å². The highest BCUT2D eigenvalue weighted by Crippen LogP contribution is 2.12. The van der Waals surface area contributed by atoms with Gasteiger partial charge in [-0.2, -0.15) is 0 Å². The molecule has 0 aliphatic rings. The molecule has 0 aliphatic carbocycles. The molecule has 2 aromatic rings. The van der Waals surface area contributed by atoms with E-state index in [1.807, 2.05) is 0 Å². The molecule has 1 atom stereocenters. The van der Waals surface area contributed by atoms with Crippen LogP contribution in [0.4, 0.5) is 10.1 Å². The Morgan fingerprint density at radius 2 is 1.72 bits per heavy atom. The summed E-state index contributed by atoms with van der Waals surface area (Å²) in [6.07, 6.45) is 1.05. The molecule has 0 fully saturated rings. The molecular formula is C20H24FN3O4S. The summed E-state index contributed by atoms with van der Waals surface area (Å²) in [5, 5.41) is 5.41. The van der Waals surface area contributed by atoms with E-state index >= 15 is 0 Å². The third kappa shape index (κ3) is 7.19. The van der Waals surface area contributed by atoms with Gasteiger partial charge in [-0.25, -0.2) is 12.8 Å². The van der Waals surface area contributed by atoms with Gasteiger partial charge < -0.3 is 10.6 Å². The van der Waals surface area contributed by atoms with Crippen molar-refractivity contribution in [3.05, 3.63) is 65.5 Å². The molecule has 2 aromatic carbocycles. The van der Waals surface area contributed by atoms with Gasteiger partial charge in [-0.1, -0.05) is 26.0 Å². The van der Waals surface area contributed by atoms with E-state index in [0.29, 0.717) is 11.3 Å². The normalized spacial score (nSPS) is 12.3. The molecule has 0 bridgehead atoms. The molecule has 0 aliphatic heterocycles. The van der Waals surface area contributed by atoms with Gasteiger partial charge in [0.1, 0.15) is 11.9 Å². The van der Waals surface area contributed by atoms with Gasteiger partial charge in [-0.3, -0.25) is 14.3 Å². The van der Waals surface area contributed by atoms with Crippen LogP contribution in [-0.2, 0) is 21.4 Å². The molecule has 7 nitrogen and oxygen atoms in total. The van der Waals surface area contributed by atoms with Crippen molar-refractivity contribution in [3.8, 4) is 0 Å². The minimum atomic E-state index is -3.40. The second-order valence-corrected chi connectivity index (χ2v) is 8.74. The van der Waals surface area contributed by atoms with Gasteiger partial charge in [-0.05, 0) is 47.9 Å². The van der Waals surface area contributed by atoms with Crippen LogP contribution in [0.25, 0.3) is 0 Å². The third-order valence-electron chi connectivity index (χ3n) is 4.04. The average molecular weight is 421 g/mol. The van der Waals surface area contributed by atoms with Gasteiger partial charge in [-0.15, -0.1) is 0 Å². The summed E-state index contributed by atoms with van der Waals surface area (Å²) >= 11 is 0. The van der Waals surface area contributed by atoms with E-state index in [1.54, 1.807) is 38.1 Å². The second kappa shape index (κ2) is 9.51. The SMILES string of the molecule is CC(C)C(NC(=O)c1ccc(F)cc1)C(=O)NCc1cccc(NS(C)(=O)=O)c1. The molecule has 0 saturated carbocycles. The number of sulfonamides is 1. The molecule has 0 spiro atoms. The Kier molecular flexibility index (Phi) is 7.33. The molecule has 0 saturated heterocycles. The Bertz CT molecular complexity index is 975. The van der Waals surface area contributed by atoms with Crippen molar-refractivity contribution in [3.63, 3.8) is 0 Å². The highest BCUT2D eigenvalue weighted by Gasteiger charge is 2.24. The fourth-order valence-electron chi connectivity index (χ4n) is 2.62. The zero-order chi connectivity index (χ0) is 21.6. The molecule has 0 radical (unpaired) electrons. The van der Waals surface area contributed by atoms with E-state index < -0.39 is 27.8 Å². The molecule has 0 heterocycles. The first kappa shape index (κ1) is 22.4. The Morgan fingerprint density at radius 1 is 1.07 bits per heavy atom. The van der Waals surface area contributed by atoms with Crippen molar-refractivity contribution in [2.24, 2.45) is 5.92 Å². The van der Waals surface area contributed by atoms with E-state index in [-0.39, 0.29) is 23.9 Å². The zero-order valence-corrected chi connectivity index (χ0v) is 17.2. The summed E-state index contributed by atoms with van der Waals surface area (Å²) < 4.78 is 38.1. The number of carbonyl (C=O) groups excluding carboxylic acids is 2. The van der Waals surface area contributed by atoms with Crippen LogP contribution in [0.1, 0.15) is 29.8 Å². The van der Waals surface area contributed by atoms with E-state index in [1.165, 1.54) is 24.3 Å². The van der Waals surface area contributed by atoms with Crippen LogP contribution in [-0.4, -0.2) is 32.5 Å². The number of benzene rings is 2. The van der Waals surface area contributed by atoms with E-state index in [2.05, 4.69) is 15.4 Å². The van der Waals surface area contributed by atoms with Gasteiger partial charge in [0.15, 0.2) is 0 Å². The van der Waals surface area contributed by atoms with Crippen LogP contribution in [0.2, 0.25) is 0 Å². The van der Waals surface area contributed by atoms with Gasteiger partial charge in [0, 0.05) is 17.8 Å². The Balaban J connectivity index is 2.02. The highest BCUT2D eigenvalue weighted by atomic mass is 32.2. The van der Waals surface area contributed by atoms with Crippen molar-refractivity contribution in [2.75, 3.05) is 11.0 Å². The quantitative estimate of drug-likeness (QED) is 0.608. The Hall–Kier alpha value is -2.94. The van der Waals surface area contributed by atoms with E-state index in [4.69, 9.17) is 0 Å². The molecule has 0 aromatic heterocycles. The first-order chi connectivity index (χ1) is 13.5. The molecular weight excluding hydrogens is 397 g/mol. The summed E-state index contributed by atoms with van der Waals surface area (Å²) in [7, 11) is -3.40. The largest absolute Gasteiger partial charge is 0.350 e. The summed E-state index contributed by atoms with van der Waals surface area (Å²) in [5.74, 6) is -1.49. The van der Waals surface area contributed by atoms with Gasteiger partial charge in [0.25, 0.3) is 5.91 Å². The van der Waals surface area contributed by atoms with Crippen molar-refractivity contribution in [1.29, 1.82) is 0 Å². The van der Waals surface area contributed by atoms with Gasteiger partial charge in [0.05, 0.1) is 6.26 Å². The first-order valence-corrected chi connectivity index (χ1v) is 10.8. The number of rotatable bonds is 8. The maximum Gasteiger partial charge on any atom is 0.251 e. The summed E-state index contributed by atoms with van der Waals surface area (Å²) in [4.78, 5) is 24.9. The maximum absolute atomic E-state index is 13.0. The summed E-state index contributed by atoms with van der Waals surface area (Å²) in [5.41, 5.74) is 1.34. The molecule has 156 valence electrons. The first-order valence-electron chi connectivity index (χ1n) is 8.96. The van der Waals surface area contributed by atoms with Crippen LogP contribution in [0.15, 0.2) is 48.5 Å². The predicted octanol–water partition coefficient (Wildman–Crippen LogP) is 2.27. The average Bonchev–Trinajstić information content (AvgIpc) is 2.63. The monoisotopic (exact) mass is 421 g/mol. The van der Waals surface area contributed by atoms with E-state index in [0.717, 1.165) is 6.26 Å². The lowest BCUT2D eigenvalue weighted by atomic mass is 10.0. The lowest BCUT2D eigenvalue weighted by molar-refractivity contribution is -0.124. The smallest absolute Gasteiger partial charge is 0.251 e. The standard InChI is InChI=1S/C20H24FN3O4S/c1-13(2)18(23-19(25)15-7-9-16(21)10-8-15)20(26)22-12-14-5-4-6-17(11-14)24-29(3,27)28/h4-11,13,18,24H,12H2,1-3H3,(H,22,26)(H,23,25). The number of carbonyl (C=O) groups is 2. The predicted molar refractivity (Wildman–Crippen MR) is 109 cm³/mol. The number of anilines is 1. The van der Waals surface area contributed by atoms with Crippen LogP contribution < -0.4 is 15.4 Å². The van der Waals surface area contributed by atoms with Crippen molar-refractivity contribution >= 4 is 27.5 Å². The number of halogens is 1.